The molecule has 0 bridgehead atoms. The SMILES string of the molecule is CC1(C)CCCN1Cc1ccc(C=O)o1. The van der Waals surface area contributed by atoms with Crippen molar-refractivity contribution < 1.29 is 9.21 Å². The number of nitrogens with zero attached hydrogens (tertiary/aromatic N) is 1. The molecule has 1 saturated heterocycles. The number of likely N-dealkylation sites (tertiary alicyclic amines) is 1. The van der Waals surface area contributed by atoms with Crippen molar-refractivity contribution in [3.63, 3.8) is 0 Å². The summed E-state index contributed by atoms with van der Waals surface area (Å²) in [7, 11) is 0. The summed E-state index contributed by atoms with van der Waals surface area (Å²) in [5.41, 5.74) is 0.258. The topological polar surface area (TPSA) is 33.5 Å². The second kappa shape index (κ2) is 3.81. The van der Waals surface area contributed by atoms with E-state index in [1.54, 1.807) is 6.07 Å². The van der Waals surface area contributed by atoms with Crippen LogP contribution in [0.15, 0.2) is 16.5 Å². The Labute approximate surface area is 90.1 Å². The molecule has 0 radical (unpaired) electrons. The first-order valence-corrected chi connectivity index (χ1v) is 5.41. The van der Waals surface area contributed by atoms with Crippen LogP contribution in [-0.2, 0) is 6.54 Å². The Morgan fingerprint density at radius 1 is 1.53 bits per heavy atom. The average Bonchev–Trinajstić information content (AvgIpc) is 2.75. The number of rotatable bonds is 3. The summed E-state index contributed by atoms with van der Waals surface area (Å²) in [5, 5.41) is 0. The molecule has 1 aromatic heterocycles. The van der Waals surface area contributed by atoms with Crippen LogP contribution in [0.1, 0.15) is 43.0 Å². The van der Waals surface area contributed by atoms with E-state index in [1.807, 2.05) is 6.07 Å². The maximum Gasteiger partial charge on any atom is 0.185 e. The molecule has 0 unspecified atom stereocenters. The summed E-state index contributed by atoms with van der Waals surface area (Å²) < 4.78 is 5.38. The zero-order valence-electron chi connectivity index (χ0n) is 9.32. The number of carbonyl (C=O) groups excluding carboxylic acids is 1. The number of hydrogen-bond donors (Lipinski definition) is 0. The Morgan fingerprint density at radius 3 is 2.87 bits per heavy atom. The van der Waals surface area contributed by atoms with Gasteiger partial charge in [0.05, 0.1) is 6.54 Å². The van der Waals surface area contributed by atoms with E-state index in [2.05, 4.69) is 18.7 Å². The van der Waals surface area contributed by atoms with E-state index in [0.717, 1.165) is 25.1 Å². The summed E-state index contributed by atoms with van der Waals surface area (Å²) in [6, 6.07) is 3.61. The van der Waals surface area contributed by atoms with E-state index in [0.29, 0.717) is 5.76 Å². The van der Waals surface area contributed by atoms with Gasteiger partial charge in [0.1, 0.15) is 5.76 Å². The van der Waals surface area contributed by atoms with E-state index in [4.69, 9.17) is 4.42 Å². The standard InChI is InChI=1S/C12H17NO2/c1-12(2)6-3-7-13(12)8-10-4-5-11(9-14)15-10/h4-5,9H,3,6-8H2,1-2H3. The first-order chi connectivity index (χ1) is 7.12. The normalized spacial score (nSPS) is 20.7. The van der Waals surface area contributed by atoms with Crippen LogP contribution < -0.4 is 0 Å². The van der Waals surface area contributed by atoms with Gasteiger partial charge in [-0.05, 0) is 45.4 Å². The van der Waals surface area contributed by atoms with Gasteiger partial charge in [-0.25, -0.2) is 0 Å². The molecule has 0 N–H and O–H groups in total. The van der Waals surface area contributed by atoms with Gasteiger partial charge >= 0.3 is 0 Å². The lowest BCUT2D eigenvalue weighted by Crippen LogP contribution is -2.37. The van der Waals surface area contributed by atoms with E-state index < -0.39 is 0 Å². The number of carbonyl (C=O) groups is 1. The summed E-state index contributed by atoms with van der Waals surface area (Å²) in [6.45, 7) is 6.43. The smallest absolute Gasteiger partial charge is 0.185 e. The summed E-state index contributed by atoms with van der Waals surface area (Å²) in [5.74, 6) is 1.30. The molecule has 1 fully saturated rings. The predicted molar refractivity (Wildman–Crippen MR) is 57.8 cm³/mol. The maximum atomic E-state index is 10.5. The first kappa shape index (κ1) is 10.4. The molecule has 0 amide bonds. The minimum Gasteiger partial charge on any atom is -0.457 e. The highest BCUT2D eigenvalue weighted by atomic mass is 16.3. The summed E-state index contributed by atoms with van der Waals surface area (Å²) in [4.78, 5) is 12.9. The molecule has 15 heavy (non-hydrogen) atoms. The largest absolute Gasteiger partial charge is 0.457 e. The quantitative estimate of drug-likeness (QED) is 0.714. The minimum absolute atomic E-state index is 0.258. The molecule has 2 rings (SSSR count). The van der Waals surface area contributed by atoms with Crippen LogP contribution in [0.2, 0.25) is 0 Å². The zero-order chi connectivity index (χ0) is 10.9. The van der Waals surface area contributed by atoms with Crippen molar-refractivity contribution in [2.75, 3.05) is 6.54 Å². The van der Waals surface area contributed by atoms with Crippen LogP contribution in [0.5, 0.6) is 0 Å². The van der Waals surface area contributed by atoms with Crippen molar-refractivity contribution in [1.82, 2.24) is 4.90 Å². The molecule has 1 aromatic rings. The van der Waals surface area contributed by atoms with E-state index in [-0.39, 0.29) is 5.54 Å². The lowest BCUT2D eigenvalue weighted by atomic mass is 10.0. The molecular formula is C12H17NO2. The van der Waals surface area contributed by atoms with Crippen molar-refractivity contribution in [3.05, 3.63) is 23.7 Å². The Kier molecular flexibility index (Phi) is 2.65. The number of aldehydes is 1. The second-order valence-corrected chi connectivity index (χ2v) is 4.76. The Bertz CT molecular complexity index is 354. The monoisotopic (exact) mass is 207 g/mol. The van der Waals surface area contributed by atoms with Crippen molar-refractivity contribution in [2.24, 2.45) is 0 Å². The number of hydrogen-bond acceptors (Lipinski definition) is 3. The molecule has 0 aromatic carbocycles. The predicted octanol–water partition coefficient (Wildman–Crippen LogP) is 2.47. The average molecular weight is 207 g/mol. The molecule has 2 heterocycles. The Hall–Kier alpha value is -1.09. The van der Waals surface area contributed by atoms with Gasteiger partial charge in [0.25, 0.3) is 0 Å². The van der Waals surface area contributed by atoms with Gasteiger partial charge < -0.3 is 4.42 Å². The van der Waals surface area contributed by atoms with Crippen LogP contribution in [-0.4, -0.2) is 23.3 Å². The third kappa shape index (κ3) is 2.12. The van der Waals surface area contributed by atoms with Gasteiger partial charge in [-0.15, -0.1) is 0 Å². The molecule has 0 aliphatic carbocycles. The molecule has 3 nitrogen and oxygen atoms in total. The van der Waals surface area contributed by atoms with Crippen LogP contribution >= 0.6 is 0 Å². The molecular weight excluding hydrogens is 190 g/mol. The van der Waals surface area contributed by atoms with Gasteiger partial charge in [-0.3, -0.25) is 9.69 Å². The number of furan rings is 1. The van der Waals surface area contributed by atoms with Crippen LogP contribution in [0.3, 0.4) is 0 Å². The highest BCUT2D eigenvalue weighted by Gasteiger charge is 2.32. The Balaban J connectivity index is 2.05. The summed E-state index contributed by atoms with van der Waals surface area (Å²) in [6.07, 6.45) is 3.22. The van der Waals surface area contributed by atoms with Gasteiger partial charge in [-0.2, -0.15) is 0 Å². The molecule has 3 heteroatoms. The third-order valence-corrected chi connectivity index (χ3v) is 3.22. The minimum atomic E-state index is 0.258. The first-order valence-electron chi connectivity index (χ1n) is 5.41. The van der Waals surface area contributed by atoms with Crippen molar-refractivity contribution in [2.45, 2.75) is 38.8 Å². The lowest BCUT2D eigenvalue weighted by Gasteiger charge is -2.30. The molecule has 82 valence electrons. The third-order valence-electron chi connectivity index (χ3n) is 3.22. The molecule has 1 aliphatic rings. The van der Waals surface area contributed by atoms with E-state index in [1.165, 1.54) is 12.8 Å². The van der Waals surface area contributed by atoms with Gasteiger partial charge in [0.2, 0.25) is 0 Å². The van der Waals surface area contributed by atoms with Crippen molar-refractivity contribution in [3.8, 4) is 0 Å². The fourth-order valence-corrected chi connectivity index (χ4v) is 2.19. The van der Waals surface area contributed by atoms with E-state index >= 15 is 0 Å². The Morgan fingerprint density at radius 2 is 2.33 bits per heavy atom. The van der Waals surface area contributed by atoms with Gasteiger partial charge in [0, 0.05) is 5.54 Å². The van der Waals surface area contributed by atoms with E-state index in [9.17, 15) is 4.79 Å². The second-order valence-electron chi connectivity index (χ2n) is 4.76. The van der Waals surface area contributed by atoms with Gasteiger partial charge in [0.15, 0.2) is 12.0 Å². The maximum absolute atomic E-state index is 10.5. The molecule has 0 saturated carbocycles. The molecule has 0 atom stereocenters. The van der Waals surface area contributed by atoms with Crippen LogP contribution in [0, 0.1) is 0 Å². The highest BCUT2D eigenvalue weighted by Crippen LogP contribution is 2.29. The zero-order valence-corrected chi connectivity index (χ0v) is 9.32. The van der Waals surface area contributed by atoms with Crippen LogP contribution in [0.4, 0.5) is 0 Å². The fraction of sp³-hybridized carbons (Fsp3) is 0.583. The highest BCUT2D eigenvalue weighted by molar-refractivity contribution is 5.70. The van der Waals surface area contributed by atoms with Crippen molar-refractivity contribution in [1.29, 1.82) is 0 Å². The fourth-order valence-electron chi connectivity index (χ4n) is 2.19. The van der Waals surface area contributed by atoms with Gasteiger partial charge in [-0.1, -0.05) is 0 Å². The van der Waals surface area contributed by atoms with Crippen LogP contribution in [0.25, 0.3) is 0 Å². The lowest BCUT2D eigenvalue weighted by molar-refractivity contribution is 0.109. The molecule has 0 spiro atoms. The van der Waals surface area contributed by atoms with Crippen molar-refractivity contribution >= 4 is 6.29 Å². The molecule has 1 aliphatic heterocycles. The summed E-state index contributed by atoms with van der Waals surface area (Å²) >= 11 is 0.